The lowest BCUT2D eigenvalue weighted by atomic mass is 9.98. The molecular weight excluding hydrogens is 360 g/mol. The predicted molar refractivity (Wildman–Crippen MR) is 85.6 cm³/mol. The van der Waals surface area contributed by atoms with E-state index in [0.717, 1.165) is 17.7 Å². The summed E-state index contributed by atoms with van der Waals surface area (Å²) < 4.78 is 27.0. The summed E-state index contributed by atoms with van der Waals surface area (Å²) in [5.74, 6) is -0.719. The molecule has 1 nitrogen and oxygen atoms in total. The summed E-state index contributed by atoms with van der Waals surface area (Å²) in [6.07, 6.45) is 0.645. The highest BCUT2D eigenvalue weighted by Crippen LogP contribution is 2.25. The topological polar surface area (TPSA) is 12.0 Å². The highest BCUT2D eigenvalue weighted by Gasteiger charge is 2.14. The highest BCUT2D eigenvalue weighted by molar-refractivity contribution is 9.10. The lowest BCUT2D eigenvalue weighted by molar-refractivity contribution is 0.545. The highest BCUT2D eigenvalue weighted by atomic mass is 79.9. The Morgan fingerprint density at radius 3 is 2.48 bits per heavy atom. The lowest BCUT2D eigenvalue weighted by Gasteiger charge is -2.19. The van der Waals surface area contributed by atoms with Gasteiger partial charge in [-0.2, -0.15) is 0 Å². The van der Waals surface area contributed by atoms with E-state index in [1.165, 1.54) is 12.1 Å². The van der Waals surface area contributed by atoms with Crippen LogP contribution in [0.25, 0.3) is 0 Å². The molecule has 0 saturated heterocycles. The van der Waals surface area contributed by atoms with E-state index in [0.29, 0.717) is 10.9 Å². The number of hydrogen-bond acceptors (Lipinski definition) is 1. The van der Waals surface area contributed by atoms with E-state index in [9.17, 15) is 8.78 Å². The molecular formula is C16H15BrClF2N. The van der Waals surface area contributed by atoms with Crippen molar-refractivity contribution in [2.45, 2.75) is 19.4 Å². The fourth-order valence-corrected chi connectivity index (χ4v) is 2.79. The summed E-state index contributed by atoms with van der Waals surface area (Å²) in [6, 6.07) is 9.65. The number of halogens is 4. The van der Waals surface area contributed by atoms with Gasteiger partial charge in [0.05, 0.1) is 9.50 Å². The molecule has 1 unspecified atom stereocenters. The second-order valence-electron chi connectivity index (χ2n) is 4.74. The Hall–Kier alpha value is -0.970. The molecule has 2 aromatic rings. The minimum Gasteiger partial charge on any atom is -0.310 e. The van der Waals surface area contributed by atoms with E-state index >= 15 is 0 Å². The smallest absolute Gasteiger partial charge is 0.141 e. The van der Waals surface area contributed by atoms with Gasteiger partial charge in [0, 0.05) is 6.04 Å². The third kappa shape index (κ3) is 4.25. The minimum absolute atomic E-state index is 0.00780. The average Bonchev–Trinajstić information content (AvgIpc) is 2.45. The van der Waals surface area contributed by atoms with Crippen LogP contribution in [-0.4, -0.2) is 6.54 Å². The third-order valence-corrected chi connectivity index (χ3v) is 4.12. The Kier molecular flexibility index (Phi) is 5.73. The number of rotatable bonds is 5. The first-order chi connectivity index (χ1) is 10.0. The Balaban J connectivity index is 2.25. The van der Waals surface area contributed by atoms with Crippen molar-refractivity contribution in [1.29, 1.82) is 0 Å². The van der Waals surface area contributed by atoms with Crippen molar-refractivity contribution in [2.75, 3.05) is 6.54 Å². The maximum absolute atomic E-state index is 13.3. The van der Waals surface area contributed by atoms with Gasteiger partial charge in [-0.3, -0.25) is 0 Å². The van der Waals surface area contributed by atoms with Crippen molar-refractivity contribution >= 4 is 27.5 Å². The zero-order valence-corrected chi connectivity index (χ0v) is 13.8. The fourth-order valence-electron chi connectivity index (χ4n) is 2.19. The van der Waals surface area contributed by atoms with Gasteiger partial charge in [0.2, 0.25) is 0 Å². The molecule has 0 aliphatic rings. The van der Waals surface area contributed by atoms with Crippen LogP contribution in [-0.2, 0) is 6.42 Å². The van der Waals surface area contributed by atoms with Crippen LogP contribution in [0.1, 0.15) is 24.1 Å². The predicted octanol–water partition coefficient (Wildman–Crippen LogP) is 5.27. The second kappa shape index (κ2) is 7.34. The second-order valence-corrected chi connectivity index (χ2v) is 6.00. The summed E-state index contributed by atoms with van der Waals surface area (Å²) in [7, 11) is 0. The van der Waals surface area contributed by atoms with Crippen LogP contribution >= 0.6 is 27.5 Å². The summed E-state index contributed by atoms with van der Waals surface area (Å²) in [5, 5.41) is 3.46. The van der Waals surface area contributed by atoms with E-state index in [1.807, 2.05) is 6.92 Å². The fraction of sp³-hybridized carbons (Fsp3) is 0.250. The SMILES string of the molecule is CCNC(Cc1ccc(F)c(Cl)c1)c1ccc(F)c(Br)c1. The van der Waals surface area contributed by atoms with Gasteiger partial charge in [-0.15, -0.1) is 0 Å². The molecule has 2 rings (SSSR count). The van der Waals surface area contributed by atoms with Crippen molar-refractivity contribution in [3.05, 3.63) is 68.7 Å². The van der Waals surface area contributed by atoms with Crippen LogP contribution < -0.4 is 5.32 Å². The van der Waals surface area contributed by atoms with E-state index in [1.54, 1.807) is 24.3 Å². The zero-order chi connectivity index (χ0) is 15.4. The minimum atomic E-state index is -0.426. The van der Waals surface area contributed by atoms with Crippen molar-refractivity contribution in [3.8, 4) is 0 Å². The molecule has 0 aromatic heterocycles. The molecule has 5 heteroatoms. The molecule has 2 aromatic carbocycles. The Morgan fingerprint density at radius 2 is 1.86 bits per heavy atom. The molecule has 0 saturated carbocycles. The van der Waals surface area contributed by atoms with Gasteiger partial charge in [-0.05, 0) is 64.3 Å². The third-order valence-electron chi connectivity index (χ3n) is 3.22. The molecule has 1 atom stereocenters. The van der Waals surface area contributed by atoms with Crippen molar-refractivity contribution < 1.29 is 8.78 Å². The summed E-state index contributed by atoms with van der Waals surface area (Å²) in [5.41, 5.74) is 1.89. The van der Waals surface area contributed by atoms with Gasteiger partial charge < -0.3 is 5.32 Å². The van der Waals surface area contributed by atoms with Gasteiger partial charge in [0.15, 0.2) is 0 Å². The number of nitrogens with one attached hydrogen (secondary N) is 1. The van der Waals surface area contributed by atoms with Gasteiger partial charge >= 0.3 is 0 Å². The molecule has 0 fully saturated rings. The van der Waals surface area contributed by atoms with E-state index in [2.05, 4.69) is 21.2 Å². The molecule has 0 heterocycles. The summed E-state index contributed by atoms with van der Waals surface area (Å²) >= 11 is 9.01. The van der Waals surface area contributed by atoms with Crippen LogP contribution in [0.3, 0.4) is 0 Å². The largest absolute Gasteiger partial charge is 0.310 e. The Labute approximate surface area is 136 Å². The quantitative estimate of drug-likeness (QED) is 0.751. The van der Waals surface area contributed by atoms with Gasteiger partial charge in [0.25, 0.3) is 0 Å². The van der Waals surface area contributed by atoms with Crippen LogP contribution in [0.15, 0.2) is 40.9 Å². The monoisotopic (exact) mass is 373 g/mol. The van der Waals surface area contributed by atoms with Crippen LogP contribution in [0, 0.1) is 11.6 Å². The van der Waals surface area contributed by atoms with Crippen LogP contribution in [0.2, 0.25) is 5.02 Å². The maximum atomic E-state index is 13.3. The molecule has 112 valence electrons. The normalized spacial score (nSPS) is 12.4. The summed E-state index contributed by atoms with van der Waals surface area (Å²) in [4.78, 5) is 0. The first-order valence-corrected chi connectivity index (χ1v) is 7.80. The van der Waals surface area contributed by atoms with Crippen molar-refractivity contribution in [1.82, 2.24) is 5.32 Å². The molecule has 0 aliphatic carbocycles. The Bertz CT molecular complexity index is 634. The standard InChI is InChI=1S/C16H15BrClF2N/c1-2-21-16(11-4-6-14(19)12(17)9-11)8-10-3-5-15(20)13(18)7-10/h3-7,9,16,21H,2,8H2,1H3. The average molecular weight is 375 g/mol. The molecule has 0 radical (unpaired) electrons. The summed E-state index contributed by atoms with van der Waals surface area (Å²) in [6.45, 7) is 2.78. The number of likely N-dealkylation sites (N-methyl/N-ethyl adjacent to an activating group) is 1. The Morgan fingerprint density at radius 1 is 1.14 bits per heavy atom. The van der Waals surface area contributed by atoms with E-state index < -0.39 is 5.82 Å². The zero-order valence-electron chi connectivity index (χ0n) is 11.5. The molecule has 0 amide bonds. The first kappa shape index (κ1) is 16.4. The van der Waals surface area contributed by atoms with Gasteiger partial charge in [-0.25, -0.2) is 8.78 Å². The molecule has 1 N–H and O–H groups in total. The number of benzene rings is 2. The lowest BCUT2D eigenvalue weighted by Crippen LogP contribution is -2.23. The molecule has 0 aliphatic heterocycles. The van der Waals surface area contributed by atoms with Gasteiger partial charge in [-0.1, -0.05) is 30.7 Å². The van der Waals surface area contributed by atoms with E-state index in [4.69, 9.17) is 11.6 Å². The van der Waals surface area contributed by atoms with Crippen molar-refractivity contribution in [2.24, 2.45) is 0 Å². The molecule has 0 spiro atoms. The molecule has 21 heavy (non-hydrogen) atoms. The van der Waals surface area contributed by atoms with E-state index in [-0.39, 0.29) is 16.9 Å². The number of hydrogen-bond donors (Lipinski definition) is 1. The van der Waals surface area contributed by atoms with Gasteiger partial charge in [0.1, 0.15) is 11.6 Å². The van der Waals surface area contributed by atoms with Crippen LogP contribution in [0.4, 0.5) is 8.78 Å². The van der Waals surface area contributed by atoms with Crippen molar-refractivity contribution in [3.63, 3.8) is 0 Å². The first-order valence-electron chi connectivity index (χ1n) is 6.63. The maximum Gasteiger partial charge on any atom is 0.141 e. The van der Waals surface area contributed by atoms with Crippen LogP contribution in [0.5, 0.6) is 0 Å². The molecule has 0 bridgehead atoms.